The number of hydrogen-bond acceptors (Lipinski definition) is 4. The smallest absolute Gasteiger partial charge is 0.250 e. The SMILES string of the molecule is O=C(COCC(=O)Nc1ccc(F)cc1)NCc1ccco1. The second kappa shape index (κ2) is 7.94. The maximum atomic E-state index is 12.7. The van der Waals surface area contributed by atoms with Gasteiger partial charge in [0.2, 0.25) is 11.8 Å². The van der Waals surface area contributed by atoms with E-state index in [-0.39, 0.29) is 31.5 Å². The maximum Gasteiger partial charge on any atom is 0.250 e. The number of halogens is 1. The van der Waals surface area contributed by atoms with Gasteiger partial charge in [0, 0.05) is 5.69 Å². The van der Waals surface area contributed by atoms with Crippen LogP contribution in [0.4, 0.5) is 10.1 Å². The van der Waals surface area contributed by atoms with E-state index in [1.165, 1.54) is 30.5 Å². The maximum absolute atomic E-state index is 12.7. The Morgan fingerprint density at radius 1 is 1.09 bits per heavy atom. The predicted molar refractivity (Wildman–Crippen MR) is 76.4 cm³/mol. The summed E-state index contributed by atoms with van der Waals surface area (Å²) in [5.41, 5.74) is 0.456. The summed E-state index contributed by atoms with van der Waals surface area (Å²) < 4.78 is 22.8. The van der Waals surface area contributed by atoms with Gasteiger partial charge in [-0.05, 0) is 36.4 Å². The molecule has 2 rings (SSSR count). The largest absolute Gasteiger partial charge is 0.467 e. The lowest BCUT2D eigenvalue weighted by molar-refractivity contribution is -0.128. The Kier molecular flexibility index (Phi) is 5.67. The fourth-order valence-electron chi connectivity index (χ4n) is 1.62. The van der Waals surface area contributed by atoms with E-state index in [9.17, 15) is 14.0 Å². The summed E-state index contributed by atoms with van der Waals surface area (Å²) >= 11 is 0. The van der Waals surface area contributed by atoms with Crippen molar-refractivity contribution in [3.05, 3.63) is 54.2 Å². The van der Waals surface area contributed by atoms with E-state index in [1.807, 2.05) is 0 Å². The van der Waals surface area contributed by atoms with E-state index >= 15 is 0 Å². The molecule has 116 valence electrons. The first-order chi connectivity index (χ1) is 10.6. The summed E-state index contributed by atoms with van der Waals surface area (Å²) in [6.45, 7) is -0.250. The van der Waals surface area contributed by atoms with Crippen LogP contribution in [0, 0.1) is 5.82 Å². The molecule has 1 aromatic carbocycles. The molecule has 0 atom stereocenters. The number of carbonyl (C=O) groups is 2. The molecule has 0 spiro atoms. The third-order valence-corrected chi connectivity index (χ3v) is 2.63. The van der Waals surface area contributed by atoms with Crippen LogP contribution in [0.1, 0.15) is 5.76 Å². The monoisotopic (exact) mass is 306 g/mol. The lowest BCUT2D eigenvalue weighted by atomic mass is 10.3. The molecule has 1 aromatic heterocycles. The summed E-state index contributed by atoms with van der Waals surface area (Å²) in [7, 11) is 0. The van der Waals surface area contributed by atoms with Gasteiger partial charge >= 0.3 is 0 Å². The summed E-state index contributed by atoms with van der Waals surface area (Å²) in [6, 6.07) is 8.79. The van der Waals surface area contributed by atoms with Gasteiger partial charge < -0.3 is 19.8 Å². The molecule has 2 amide bonds. The average molecular weight is 306 g/mol. The Labute approximate surface area is 126 Å². The minimum Gasteiger partial charge on any atom is -0.467 e. The van der Waals surface area contributed by atoms with Crippen molar-refractivity contribution >= 4 is 17.5 Å². The summed E-state index contributed by atoms with van der Waals surface area (Å²) in [4.78, 5) is 23.0. The van der Waals surface area contributed by atoms with E-state index in [2.05, 4.69) is 10.6 Å². The molecule has 0 unspecified atom stereocenters. The minimum atomic E-state index is -0.426. The van der Waals surface area contributed by atoms with E-state index in [1.54, 1.807) is 12.1 Å². The molecule has 2 N–H and O–H groups in total. The highest BCUT2D eigenvalue weighted by Gasteiger charge is 2.06. The predicted octanol–water partition coefficient (Wildman–Crippen LogP) is 1.69. The van der Waals surface area contributed by atoms with Crippen LogP contribution in [-0.2, 0) is 20.9 Å². The lowest BCUT2D eigenvalue weighted by Crippen LogP contribution is -2.29. The molecule has 0 aliphatic rings. The lowest BCUT2D eigenvalue weighted by Gasteiger charge is -2.06. The minimum absolute atomic E-state index is 0.239. The number of nitrogens with one attached hydrogen (secondary N) is 2. The van der Waals surface area contributed by atoms with Crippen LogP contribution >= 0.6 is 0 Å². The van der Waals surface area contributed by atoms with Crippen LogP contribution in [0.15, 0.2) is 47.1 Å². The topological polar surface area (TPSA) is 80.6 Å². The number of hydrogen-bond donors (Lipinski definition) is 2. The molecule has 0 saturated heterocycles. The van der Waals surface area contributed by atoms with Crippen LogP contribution in [0.5, 0.6) is 0 Å². The molecule has 0 saturated carbocycles. The van der Waals surface area contributed by atoms with Crippen molar-refractivity contribution in [3.8, 4) is 0 Å². The number of amides is 2. The Balaban J connectivity index is 1.62. The van der Waals surface area contributed by atoms with E-state index in [0.29, 0.717) is 11.4 Å². The summed E-state index contributed by atoms with van der Waals surface area (Å²) in [5, 5.41) is 5.10. The van der Waals surface area contributed by atoms with Gasteiger partial charge in [0.1, 0.15) is 24.8 Å². The van der Waals surface area contributed by atoms with Crippen LogP contribution in [0.2, 0.25) is 0 Å². The average Bonchev–Trinajstić information content (AvgIpc) is 3.01. The standard InChI is InChI=1S/C15H15FN2O4/c16-11-3-5-12(6-4-11)18-15(20)10-21-9-14(19)17-8-13-2-1-7-22-13/h1-7H,8-10H2,(H,17,19)(H,18,20). The van der Waals surface area contributed by atoms with Crippen molar-refractivity contribution in [2.75, 3.05) is 18.5 Å². The fraction of sp³-hybridized carbons (Fsp3) is 0.200. The summed E-state index contributed by atoms with van der Waals surface area (Å²) in [6.07, 6.45) is 1.51. The van der Waals surface area contributed by atoms with Gasteiger partial charge in [-0.2, -0.15) is 0 Å². The van der Waals surface area contributed by atoms with Crippen molar-refractivity contribution in [3.63, 3.8) is 0 Å². The Morgan fingerprint density at radius 3 is 2.50 bits per heavy atom. The Morgan fingerprint density at radius 2 is 1.82 bits per heavy atom. The van der Waals surface area contributed by atoms with Crippen molar-refractivity contribution in [1.29, 1.82) is 0 Å². The number of carbonyl (C=O) groups excluding carboxylic acids is 2. The molecule has 22 heavy (non-hydrogen) atoms. The molecule has 0 aliphatic heterocycles. The fourth-order valence-corrected chi connectivity index (χ4v) is 1.62. The van der Waals surface area contributed by atoms with Gasteiger partial charge in [0.05, 0.1) is 12.8 Å². The van der Waals surface area contributed by atoms with Gasteiger partial charge in [-0.15, -0.1) is 0 Å². The zero-order valence-electron chi connectivity index (χ0n) is 11.7. The van der Waals surface area contributed by atoms with E-state index in [4.69, 9.17) is 9.15 Å². The van der Waals surface area contributed by atoms with Crippen LogP contribution < -0.4 is 10.6 Å². The van der Waals surface area contributed by atoms with E-state index < -0.39 is 5.91 Å². The van der Waals surface area contributed by atoms with Crippen molar-refractivity contribution in [1.82, 2.24) is 5.32 Å². The second-order valence-electron chi connectivity index (χ2n) is 4.40. The number of anilines is 1. The van der Waals surface area contributed by atoms with Gasteiger partial charge in [0.15, 0.2) is 0 Å². The Bertz CT molecular complexity index is 611. The second-order valence-corrected chi connectivity index (χ2v) is 4.40. The zero-order chi connectivity index (χ0) is 15.8. The highest BCUT2D eigenvalue weighted by Crippen LogP contribution is 2.07. The van der Waals surface area contributed by atoms with Crippen LogP contribution in [0.25, 0.3) is 0 Å². The normalized spacial score (nSPS) is 10.2. The molecular weight excluding hydrogens is 291 g/mol. The van der Waals surface area contributed by atoms with Crippen molar-refractivity contribution in [2.45, 2.75) is 6.54 Å². The van der Waals surface area contributed by atoms with Crippen LogP contribution in [0.3, 0.4) is 0 Å². The first-order valence-electron chi connectivity index (χ1n) is 6.56. The molecule has 0 bridgehead atoms. The highest BCUT2D eigenvalue weighted by atomic mass is 19.1. The van der Waals surface area contributed by atoms with E-state index in [0.717, 1.165) is 0 Å². The molecular formula is C15H15FN2O4. The third-order valence-electron chi connectivity index (χ3n) is 2.63. The van der Waals surface area contributed by atoms with Crippen LogP contribution in [-0.4, -0.2) is 25.0 Å². The van der Waals surface area contributed by atoms with Gasteiger partial charge in [-0.3, -0.25) is 9.59 Å². The first kappa shape index (κ1) is 15.7. The quantitative estimate of drug-likeness (QED) is 0.815. The molecule has 0 fully saturated rings. The number of ether oxygens (including phenoxy) is 1. The molecule has 6 nitrogen and oxygen atoms in total. The number of furan rings is 1. The molecule has 2 aromatic rings. The zero-order valence-corrected chi connectivity index (χ0v) is 11.7. The van der Waals surface area contributed by atoms with Gasteiger partial charge in [-0.1, -0.05) is 0 Å². The summed E-state index contributed by atoms with van der Waals surface area (Å²) in [5.74, 6) is -0.540. The van der Waals surface area contributed by atoms with Gasteiger partial charge in [-0.25, -0.2) is 4.39 Å². The van der Waals surface area contributed by atoms with Crippen molar-refractivity contribution < 1.29 is 23.1 Å². The molecule has 7 heteroatoms. The van der Waals surface area contributed by atoms with Gasteiger partial charge in [0.25, 0.3) is 0 Å². The molecule has 1 heterocycles. The number of benzene rings is 1. The highest BCUT2D eigenvalue weighted by molar-refractivity contribution is 5.91. The number of rotatable bonds is 7. The molecule has 0 radical (unpaired) electrons. The molecule has 0 aliphatic carbocycles. The van der Waals surface area contributed by atoms with Crippen molar-refractivity contribution in [2.24, 2.45) is 0 Å². The Hall–Kier alpha value is -2.67. The first-order valence-corrected chi connectivity index (χ1v) is 6.56. The third kappa shape index (κ3) is 5.37.